The zero-order valence-electron chi connectivity index (χ0n) is 27.4. The number of nitrogens with zero attached hydrogens (tertiary/aromatic N) is 2. The minimum absolute atomic E-state index is 0. The van der Waals surface area contributed by atoms with Crippen LogP contribution in [0, 0.1) is 26.1 Å². The van der Waals surface area contributed by atoms with E-state index in [1.54, 1.807) is 6.08 Å². The molecule has 0 heterocycles. The highest BCUT2D eigenvalue weighted by atomic mass is 32.1. The Morgan fingerprint density at radius 3 is 2.04 bits per heavy atom. The van der Waals surface area contributed by atoms with Gasteiger partial charge < -0.3 is 36.2 Å². The first-order valence-corrected chi connectivity index (χ1v) is 15.7. The van der Waals surface area contributed by atoms with E-state index in [0.717, 1.165) is 62.7 Å². The van der Waals surface area contributed by atoms with E-state index >= 15 is 0 Å². The number of nitro groups is 2. The molecule has 48 heavy (non-hydrogen) atoms. The van der Waals surface area contributed by atoms with Crippen molar-refractivity contribution in [1.29, 1.82) is 0 Å². The molecule has 0 aliphatic heterocycles. The van der Waals surface area contributed by atoms with Crippen molar-refractivity contribution >= 4 is 71.0 Å². The van der Waals surface area contributed by atoms with Crippen LogP contribution in [0.25, 0.3) is 0 Å². The molecule has 2 aliphatic rings. The maximum Gasteiger partial charge on any atom is 0.299 e. The van der Waals surface area contributed by atoms with E-state index in [9.17, 15) is 45.8 Å². The maximum absolute atomic E-state index is 11.8. The van der Waals surface area contributed by atoms with Crippen molar-refractivity contribution in [3.05, 3.63) is 61.7 Å². The molecule has 1 aromatic carbocycles. The Hall–Kier alpha value is -1.54. The van der Waals surface area contributed by atoms with Crippen LogP contribution in [0.5, 0.6) is 0 Å². The van der Waals surface area contributed by atoms with Crippen LogP contribution in [0.4, 0.5) is 17.1 Å². The lowest BCUT2D eigenvalue weighted by Gasteiger charge is -2.36. The lowest BCUT2D eigenvalue weighted by Crippen LogP contribution is -2.56. The predicted octanol–water partition coefficient (Wildman–Crippen LogP) is 3.94. The lowest BCUT2D eigenvalue weighted by molar-refractivity contribution is -0.393. The fraction of sp³-hybridized carbons (Fsp3) is 0.677. The molecule has 7 N–H and O–H groups in total. The summed E-state index contributed by atoms with van der Waals surface area (Å²) in [5.41, 5.74) is 0.214. The van der Waals surface area contributed by atoms with Gasteiger partial charge in [0.05, 0.1) is 40.7 Å². The molecule has 7 atom stereocenters. The number of rotatable bonds is 10. The number of nitrogens with one attached hydrogen (secondary N) is 2. The number of aliphatic hydroxyl groups excluding tert-OH is 5. The van der Waals surface area contributed by atoms with E-state index in [1.807, 2.05) is 0 Å². The van der Waals surface area contributed by atoms with Gasteiger partial charge in [0.25, 0.3) is 11.4 Å². The zero-order chi connectivity index (χ0) is 32.2. The second-order valence-electron chi connectivity index (χ2n) is 12.1. The largest absolute Gasteiger partial charge is 0.392 e. The van der Waals surface area contributed by atoms with Gasteiger partial charge in [-0.05, 0) is 36.8 Å². The first-order valence-electron chi connectivity index (χ1n) is 15.7. The highest BCUT2D eigenvalue weighted by molar-refractivity contribution is 7.59. The summed E-state index contributed by atoms with van der Waals surface area (Å²) in [4.78, 5) is 21.6. The average Bonchev–Trinajstić information content (AvgIpc) is 3.02. The van der Waals surface area contributed by atoms with E-state index in [2.05, 4.69) is 17.6 Å². The first kappa shape index (κ1) is 48.6. The van der Waals surface area contributed by atoms with Crippen LogP contribution in [0.1, 0.15) is 77.6 Å². The van der Waals surface area contributed by atoms with Gasteiger partial charge in [0.1, 0.15) is 24.0 Å². The summed E-state index contributed by atoms with van der Waals surface area (Å²) in [6, 6.07) is 1.41. The van der Waals surface area contributed by atoms with Crippen molar-refractivity contribution in [3.63, 3.8) is 0 Å². The molecule has 0 amide bonds. The van der Waals surface area contributed by atoms with Crippen molar-refractivity contribution < 1.29 is 35.4 Å². The van der Waals surface area contributed by atoms with Crippen LogP contribution >= 0.6 is 54.0 Å². The van der Waals surface area contributed by atoms with Crippen LogP contribution in [0.2, 0.25) is 0 Å². The highest BCUT2D eigenvalue weighted by Crippen LogP contribution is 2.31. The minimum Gasteiger partial charge on any atom is -0.392 e. The summed E-state index contributed by atoms with van der Waals surface area (Å²) in [7, 11) is 0. The topological polar surface area (TPSA) is 211 Å². The summed E-state index contributed by atoms with van der Waals surface area (Å²) >= 11 is 0. The SMILES string of the molecule is CC1CCCCCCCCCCC/C1=C/[C@@H](O)C(CNC1C=C(CO)[C@@H](O)C(O)[C@H]1O)Nc1ccc([N+](=O)[O-])cc1[N+](=O)[O-].S.S.S.S. The number of hydrogen-bond donors (Lipinski definition) is 7. The Kier molecular flexibility index (Phi) is 24.9. The van der Waals surface area contributed by atoms with Crippen LogP contribution < -0.4 is 10.6 Å². The van der Waals surface area contributed by atoms with E-state index in [-0.39, 0.29) is 77.7 Å². The zero-order valence-corrected chi connectivity index (χ0v) is 31.4. The molecule has 1 saturated carbocycles. The van der Waals surface area contributed by atoms with Gasteiger partial charge in [-0.1, -0.05) is 76.0 Å². The van der Waals surface area contributed by atoms with Crippen molar-refractivity contribution in [3.8, 4) is 0 Å². The van der Waals surface area contributed by atoms with E-state index in [4.69, 9.17) is 0 Å². The molecular weight excluding hydrogens is 701 g/mol. The van der Waals surface area contributed by atoms with Crippen LogP contribution in [-0.4, -0.2) is 85.0 Å². The Labute approximate surface area is 310 Å². The molecular formula is C31H56N4O9S4. The van der Waals surface area contributed by atoms with Crippen molar-refractivity contribution in [2.45, 2.75) is 114 Å². The average molecular weight is 757 g/mol. The van der Waals surface area contributed by atoms with Gasteiger partial charge in [0.2, 0.25) is 0 Å². The van der Waals surface area contributed by atoms with E-state index in [0.29, 0.717) is 0 Å². The smallest absolute Gasteiger partial charge is 0.299 e. The minimum atomic E-state index is -1.56. The van der Waals surface area contributed by atoms with Gasteiger partial charge in [-0.2, -0.15) is 54.0 Å². The molecule has 0 saturated heterocycles. The molecule has 0 radical (unpaired) electrons. The molecule has 0 bridgehead atoms. The molecule has 17 heteroatoms. The van der Waals surface area contributed by atoms with Crippen LogP contribution in [0.15, 0.2) is 41.5 Å². The Morgan fingerprint density at radius 1 is 0.896 bits per heavy atom. The summed E-state index contributed by atoms with van der Waals surface area (Å²) in [6.07, 6.45) is 9.84. The molecule has 4 unspecified atom stereocenters. The normalized spacial score (nSPS) is 25.8. The number of allylic oxidation sites excluding steroid dienone is 1. The fourth-order valence-electron chi connectivity index (χ4n) is 6.03. The maximum atomic E-state index is 11.8. The number of anilines is 1. The molecule has 3 rings (SSSR count). The lowest BCUT2D eigenvalue weighted by atomic mass is 9.87. The Morgan fingerprint density at radius 2 is 1.48 bits per heavy atom. The number of benzene rings is 1. The monoisotopic (exact) mass is 756 g/mol. The molecule has 13 nitrogen and oxygen atoms in total. The standard InChI is InChI=1S/C31H48N4O9.4H2S/c1-20-11-9-7-5-3-2-4-6-8-10-12-21(20)16-28(37)26(18-32-25-15-22(19-36)29(38)31(40)30(25)39)33-24-14-13-23(34(41)42)17-27(24)35(43)44;;;;/h13-17,20,25-26,28-33,36-40H,2-12,18-19H2,1H3;4*1H2/b21-16-;;;;/t20?,25?,26?,28-,29-,30+,31?;;;;/m1..../s1. The van der Waals surface area contributed by atoms with Gasteiger partial charge >= 0.3 is 0 Å². The van der Waals surface area contributed by atoms with Gasteiger partial charge in [-0.25, -0.2) is 0 Å². The van der Waals surface area contributed by atoms with Gasteiger partial charge in [-0.3, -0.25) is 20.2 Å². The van der Waals surface area contributed by atoms with Gasteiger partial charge in [0.15, 0.2) is 0 Å². The molecule has 2 aliphatic carbocycles. The Balaban J connectivity index is 0. The summed E-state index contributed by atoms with van der Waals surface area (Å²) < 4.78 is 0. The van der Waals surface area contributed by atoms with Crippen LogP contribution in [0.3, 0.4) is 0 Å². The van der Waals surface area contributed by atoms with E-state index < -0.39 is 64.3 Å². The summed E-state index contributed by atoms with van der Waals surface area (Å²) in [5, 5.41) is 81.3. The number of aliphatic hydroxyl groups is 5. The quantitative estimate of drug-likeness (QED) is 0.103. The summed E-state index contributed by atoms with van der Waals surface area (Å²) in [5.74, 6) is 0.222. The van der Waals surface area contributed by atoms with Crippen molar-refractivity contribution in [1.82, 2.24) is 5.32 Å². The molecule has 1 fully saturated rings. The third-order valence-electron chi connectivity index (χ3n) is 8.83. The summed E-state index contributed by atoms with van der Waals surface area (Å²) in [6.45, 7) is 1.55. The van der Waals surface area contributed by atoms with Gasteiger partial charge in [-0.15, -0.1) is 0 Å². The van der Waals surface area contributed by atoms with Gasteiger partial charge in [0, 0.05) is 12.6 Å². The number of hydrogen-bond acceptors (Lipinski definition) is 11. The predicted molar refractivity (Wildman–Crippen MR) is 208 cm³/mol. The molecule has 278 valence electrons. The molecule has 1 aromatic rings. The first-order chi connectivity index (χ1) is 21.0. The third-order valence-corrected chi connectivity index (χ3v) is 8.83. The molecule has 0 spiro atoms. The number of non-ortho nitro benzene ring substituents is 1. The third kappa shape index (κ3) is 14.4. The fourth-order valence-corrected chi connectivity index (χ4v) is 6.03. The Bertz CT molecular complexity index is 1180. The molecule has 0 aromatic heterocycles. The highest BCUT2D eigenvalue weighted by Gasteiger charge is 2.37. The van der Waals surface area contributed by atoms with E-state index in [1.165, 1.54) is 37.8 Å². The van der Waals surface area contributed by atoms with Crippen molar-refractivity contribution in [2.24, 2.45) is 5.92 Å². The van der Waals surface area contributed by atoms with Crippen molar-refractivity contribution in [2.75, 3.05) is 18.5 Å². The van der Waals surface area contributed by atoms with Crippen LogP contribution in [-0.2, 0) is 0 Å². The second kappa shape index (κ2) is 24.6. The second-order valence-corrected chi connectivity index (χ2v) is 12.1. The number of nitro benzene ring substituents is 2.